The summed E-state index contributed by atoms with van der Waals surface area (Å²) in [6, 6.07) is 43.5. The normalized spacial score (nSPS) is 20.6. The second kappa shape index (κ2) is 14.4. The van der Waals surface area contributed by atoms with Crippen molar-refractivity contribution >= 4 is 28.4 Å². The number of allylic oxidation sites excluding steroid dienone is 13. The molecule has 6 aliphatic carbocycles. The Labute approximate surface area is 361 Å². The van der Waals surface area contributed by atoms with Gasteiger partial charge >= 0.3 is 0 Å². The number of benzene rings is 5. The lowest BCUT2D eigenvalue weighted by molar-refractivity contribution is 0.539. The van der Waals surface area contributed by atoms with Gasteiger partial charge in [0.1, 0.15) is 0 Å². The molecule has 2 atom stereocenters. The number of aromatic nitrogens is 1. The summed E-state index contributed by atoms with van der Waals surface area (Å²) in [6.07, 6.45) is 30.8. The van der Waals surface area contributed by atoms with Crippen LogP contribution in [0.25, 0.3) is 44.9 Å². The Morgan fingerprint density at radius 3 is 2.34 bits per heavy atom. The first kappa shape index (κ1) is 36.5. The molecule has 1 heterocycles. The highest BCUT2D eigenvalue weighted by molar-refractivity contribution is 5.94. The molecular weight excluding hydrogens is 737 g/mol. The molecule has 0 amide bonds. The third-order valence-corrected chi connectivity index (χ3v) is 14.8. The SMILES string of the molecule is CC1(C)c2ccccc2-c2ccc(N(C3=CC=C(C4=CC5CC=CC=C5C5=CCCCC45)CC3)c3ccc(-c4ccccc4-n4c5c(c6ccccc64)C=CCC5)cc3)cc21. The zero-order chi connectivity index (χ0) is 40.7. The van der Waals surface area contributed by atoms with Crippen LogP contribution in [0.4, 0.5) is 11.4 Å². The van der Waals surface area contributed by atoms with E-state index in [-0.39, 0.29) is 5.41 Å². The number of para-hydroxylation sites is 2. The third kappa shape index (κ3) is 5.82. The number of nitrogens with zero attached hydrogens (tertiary/aromatic N) is 2. The maximum absolute atomic E-state index is 2.64. The number of hydrogen-bond acceptors (Lipinski definition) is 1. The molecule has 0 fully saturated rings. The molecule has 0 bridgehead atoms. The zero-order valence-electron chi connectivity index (χ0n) is 35.4. The average Bonchev–Trinajstić information content (AvgIpc) is 3.77. The molecule has 6 aromatic rings. The summed E-state index contributed by atoms with van der Waals surface area (Å²) in [5, 5.41) is 1.33. The molecule has 0 aliphatic heterocycles. The lowest BCUT2D eigenvalue weighted by atomic mass is 9.66. The molecule has 0 radical (unpaired) electrons. The van der Waals surface area contributed by atoms with Crippen LogP contribution in [0.15, 0.2) is 192 Å². The lowest BCUT2D eigenvalue weighted by Crippen LogP contribution is -2.25. The first-order valence-corrected chi connectivity index (χ1v) is 22.7. The summed E-state index contributed by atoms with van der Waals surface area (Å²) in [6.45, 7) is 4.78. The highest BCUT2D eigenvalue weighted by Crippen LogP contribution is 2.52. The standard InChI is InChI=1S/C59H52N2/c1-59(2)54-23-11-7-20-49(54)50-36-35-44(38-55(50)59)60(43-33-29-40(30-34-43)53-37-41-15-3-4-16-45(41)47-18-5-6-19-48(47)53)42-31-27-39(28-32-42)46-17-8-12-24-56(46)61-57-25-13-9-21-51(57)52-22-10-14-26-58(52)61/h3-4,7-13,16-18,20-25,27-29,31-33,35-38,41,48H,5-6,14-15,19,26,30,34H2,1-2H3. The van der Waals surface area contributed by atoms with Crippen molar-refractivity contribution < 1.29 is 0 Å². The molecule has 2 unspecified atom stereocenters. The van der Waals surface area contributed by atoms with Gasteiger partial charge in [0.25, 0.3) is 0 Å². The summed E-state index contributed by atoms with van der Waals surface area (Å²) in [7, 11) is 0. The number of anilines is 2. The highest BCUT2D eigenvalue weighted by atomic mass is 15.1. The monoisotopic (exact) mass is 788 g/mol. The zero-order valence-corrected chi connectivity index (χ0v) is 35.4. The molecule has 2 heteroatoms. The van der Waals surface area contributed by atoms with E-state index in [1.807, 2.05) is 0 Å². The fraction of sp³-hybridized carbons (Fsp3) is 0.220. The Balaban J connectivity index is 0.956. The molecular formula is C59H52N2. The Morgan fingerprint density at radius 2 is 1.46 bits per heavy atom. The minimum Gasteiger partial charge on any atom is -0.314 e. The highest BCUT2D eigenvalue weighted by Gasteiger charge is 2.37. The number of rotatable bonds is 6. The van der Waals surface area contributed by atoms with Crippen LogP contribution >= 0.6 is 0 Å². The van der Waals surface area contributed by atoms with Crippen LogP contribution in [0.1, 0.15) is 81.2 Å². The van der Waals surface area contributed by atoms with Crippen LogP contribution in [-0.2, 0) is 11.8 Å². The number of hydrogen-bond donors (Lipinski definition) is 0. The molecule has 6 aliphatic rings. The molecule has 0 saturated heterocycles. The predicted octanol–water partition coefficient (Wildman–Crippen LogP) is 15.5. The van der Waals surface area contributed by atoms with Gasteiger partial charge in [-0.25, -0.2) is 0 Å². The fourth-order valence-electron chi connectivity index (χ4n) is 11.8. The van der Waals surface area contributed by atoms with E-state index in [0.717, 1.165) is 32.1 Å². The second-order valence-corrected chi connectivity index (χ2v) is 18.5. The van der Waals surface area contributed by atoms with Gasteiger partial charge in [0.2, 0.25) is 0 Å². The minimum atomic E-state index is -0.0763. The second-order valence-electron chi connectivity index (χ2n) is 18.5. The molecule has 5 aromatic carbocycles. The van der Waals surface area contributed by atoms with Gasteiger partial charge in [-0.1, -0.05) is 141 Å². The largest absolute Gasteiger partial charge is 0.314 e. The molecule has 2 nitrogen and oxygen atoms in total. The van der Waals surface area contributed by atoms with Gasteiger partial charge in [-0.3, -0.25) is 0 Å². The van der Waals surface area contributed by atoms with Crippen molar-refractivity contribution in [3.05, 3.63) is 214 Å². The van der Waals surface area contributed by atoms with Crippen molar-refractivity contribution in [3.63, 3.8) is 0 Å². The van der Waals surface area contributed by atoms with Crippen LogP contribution < -0.4 is 4.90 Å². The van der Waals surface area contributed by atoms with Gasteiger partial charge < -0.3 is 9.47 Å². The minimum absolute atomic E-state index is 0.0763. The van der Waals surface area contributed by atoms with Crippen molar-refractivity contribution in [3.8, 4) is 27.9 Å². The maximum Gasteiger partial charge on any atom is 0.0537 e. The molecule has 0 saturated carbocycles. The van der Waals surface area contributed by atoms with Crippen molar-refractivity contribution in [2.24, 2.45) is 11.8 Å². The van der Waals surface area contributed by atoms with Gasteiger partial charge in [0.05, 0.1) is 11.2 Å². The van der Waals surface area contributed by atoms with E-state index in [1.165, 1.54) is 103 Å². The van der Waals surface area contributed by atoms with Crippen LogP contribution in [0.2, 0.25) is 0 Å². The van der Waals surface area contributed by atoms with Crippen LogP contribution in [0, 0.1) is 11.8 Å². The van der Waals surface area contributed by atoms with Crippen molar-refractivity contribution in [2.75, 3.05) is 4.90 Å². The van der Waals surface area contributed by atoms with E-state index in [9.17, 15) is 0 Å². The fourth-order valence-corrected chi connectivity index (χ4v) is 11.8. The van der Waals surface area contributed by atoms with Gasteiger partial charge in [-0.05, 0) is 144 Å². The van der Waals surface area contributed by atoms with Crippen LogP contribution in [0.3, 0.4) is 0 Å². The van der Waals surface area contributed by atoms with Crippen molar-refractivity contribution in [2.45, 2.75) is 70.6 Å². The van der Waals surface area contributed by atoms with E-state index in [4.69, 9.17) is 0 Å². The van der Waals surface area contributed by atoms with Crippen LogP contribution in [0.5, 0.6) is 0 Å². The van der Waals surface area contributed by atoms with E-state index < -0.39 is 0 Å². The van der Waals surface area contributed by atoms with E-state index in [0.29, 0.717) is 11.8 Å². The summed E-state index contributed by atoms with van der Waals surface area (Å²) < 4.78 is 2.53. The summed E-state index contributed by atoms with van der Waals surface area (Å²) >= 11 is 0. The molecule has 0 N–H and O–H groups in total. The van der Waals surface area contributed by atoms with E-state index in [2.05, 4.69) is 193 Å². The molecule has 61 heavy (non-hydrogen) atoms. The smallest absolute Gasteiger partial charge is 0.0537 e. The quantitative estimate of drug-likeness (QED) is 0.163. The third-order valence-electron chi connectivity index (χ3n) is 14.8. The van der Waals surface area contributed by atoms with E-state index in [1.54, 1.807) is 16.7 Å². The van der Waals surface area contributed by atoms with Crippen molar-refractivity contribution in [1.29, 1.82) is 0 Å². The first-order valence-electron chi connectivity index (χ1n) is 22.7. The molecule has 0 spiro atoms. The summed E-state index contributed by atoms with van der Waals surface area (Å²) in [5.74, 6) is 1.03. The topological polar surface area (TPSA) is 8.17 Å². The van der Waals surface area contributed by atoms with Crippen LogP contribution in [-0.4, -0.2) is 4.57 Å². The Morgan fingerprint density at radius 1 is 0.656 bits per heavy atom. The van der Waals surface area contributed by atoms with Crippen molar-refractivity contribution in [1.82, 2.24) is 4.57 Å². The van der Waals surface area contributed by atoms with Gasteiger partial charge in [-0.15, -0.1) is 0 Å². The Kier molecular flexibility index (Phi) is 8.60. The molecule has 298 valence electrons. The lowest BCUT2D eigenvalue weighted by Gasteiger charge is -2.39. The number of fused-ring (bicyclic) bond motifs is 9. The first-order chi connectivity index (χ1) is 30.0. The van der Waals surface area contributed by atoms with Gasteiger partial charge in [0, 0.05) is 56.5 Å². The Hall–Kier alpha value is -6.38. The van der Waals surface area contributed by atoms with Gasteiger partial charge in [-0.2, -0.15) is 0 Å². The Bertz CT molecular complexity index is 3000. The maximum atomic E-state index is 2.64. The summed E-state index contributed by atoms with van der Waals surface area (Å²) in [4.78, 5) is 2.55. The molecule has 12 rings (SSSR count). The van der Waals surface area contributed by atoms with Gasteiger partial charge in [0.15, 0.2) is 0 Å². The van der Waals surface area contributed by atoms with E-state index >= 15 is 0 Å². The average molecular weight is 789 g/mol. The predicted molar refractivity (Wildman–Crippen MR) is 256 cm³/mol. The summed E-state index contributed by atoms with van der Waals surface area (Å²) in [5.41, 5.74) is 23.3. The molecule has 1 aromatic heterocycles.